The van der Waals surface area contributed by atoms with Gasteiger partial charge in [0.1, 0.15) is 0 Å². The number of aliphatic hydroxyl groups is 1. The van der Waals surface area contributed by atoms with Gasteiger partial charge in [0, 0.05) is 6.42 Å². The number of nitrogens with zero attached hydrogens (tertiary/aromatic N) is 3. The molecule has 1 aliphatic rings. The Morgan fingerprint density at radius 2 is 2.27 bits per heavy atom. The molecule has 2 aromatic rings. The van der Waals surface area contributed by atoms with Gasteiger partial charge in [-0.15, -0.1) is 0 Å². The highest BCUT2D eigenvalue weighted by atomic mass is 19.2. The minimum Gasteiger partial charge on any atom is -0.384 e. The van der Waals surface area contributed by atoms with Crippen molar-refractivity contribution in [1.82, 2.24) is 19.5 Å². The van der Waals surface area contributed by atoms with Crippen LogP contribution in [-0.2, 0) is 4.74 Å². The molecule has 4 N–H and O–H groups in total. The van der Waals surface area contributed by atoms with Crippen LogP contribution in [-0.4, -0.2) is 42.3 Å². The van der Waals surface area contributed by atoms with Crippen LogP contribution in [0.25, 0.3) is 11.2 Å². The van der Waals surface area contributed by atoms with Crippen LogP contribution in [0.1, 0.15) is 26.5 Å². The van der Waals surface area contributed by atoms with Crippen molar-refractivity contribution in [2.75, 3.05) is 5.73 Å². The van der Waals surface area contributed by atoms with Crippen LogP contribution in [0.5, 0.6) is 0 Å². The number of hydrogen-bond donors (Lipinski definition) is 3. The number of rotatable bonds is 2. The lowest BCUT2D eigenvalue weighted by molar-refractivity contribution is -0.187. The fourth-order valence-electron chi connectivity index (χ4n) is 2.64. The average Bonchev–Trinajstić information content (AvgIpc) is 2.93. The summed E-state index contributed by atoms with van der Waals surface area (Å²) >= 11 is 0. The predicted octanol–water partition coefficient (Wildman–Crippen LogP) is 0.396. The first-order chi connectivity index (χ1) is 10.2. The standard InChI is InChI=1S/C12H15F2N5O3/c1-3-12(14)8(21)11(2,13)9(22-12)19-4-16-5-6(19)17-10(15)18-7(5)20/h4,8-9,21H,3H2,1-2H3,(H3,15,17,18,20). The molecule has 0 saturated carbocycles. The Morgan fingerprint density at radius 1 is 1.59 bits per heavy atom. The first kappa shape index (κ1) is 14.9. The van der Waals surface area contributed by atoms with E-state index in [4.69, 9.17) is 10.5 Å². The second kappa shape index (κ2) is 4.46. The van der Waals surface area contributed by atoms with E-state index in [0.717, 1.165) is 17.8 Å². The molecule has 8 nitrogen and oxygen atoms in total. The number of aromatic amines is 1. The van der Waals surface area contributed by atoms with Crippen molar-refractivity contribution in [3.63, 3.8) is 0 Å². The van der Waals surface area contributed by atoms with E-state index in [1.807, 2.05) is 0 Å². The molecule has 4 atom stereocenters. The van der Waals surface area contributed by atoms with Gasteiger partial charge in [-0.3, -0.25) is 14.3 Å². The summed E-state index contributed by atoms with van der Waals surface area (Å²) in [6.07, 6.45) is -2.67. The smallest absolute Gasteiger partial charge is 0.280 e. The van der Waals surface area contributed by atoms with Crippen LogP contribution in [0.2, 0.25) is 0 Å². The number of hydrogen-bond acceptors (Lipinski definition) is 6. The van der Waals surface area contributed by atoms with Crippen molar-refractivity contribution in [3.05, 3.63) is 16.7 Å². The number of nitrogen functional groups attached to an aromatic ring is 1. The third-order valence-corrected chi connectivity index (χ3v) is 3.92. The van der Waals surface area contributed by atoms with Crippen molar-refractivity contribution in [1.29, 1.82) is 0 Å². The second-order valence-electron chi connectivity index (χ2n) is 5.44. The van der Waals surface area contributed by atoms with Crippen molar-refractivity contribution < 1.29 is 18.6 Å². The highest BCUT2D eigenvalue weighted by Gasteiger charge is 2.63. The zero-order valence-electron chi connectivity index (χ0n) is 11.9. The molecule has 3 rings (SSSR count). The third-order valence-electron chi connectivity index (χ3n) is 3.92. The maximum atomic E-state index is 14.8. The molecular weight excluding hydrogens is 300 g/mol. The van der Waals surface area contributed by atoms with Gasteiger partial charge >= 0.3 is 0 Å². The quantitative estimate of drug-likeness (QED) is 0.738. The topological polar surface area (TPSA) is 119 Å². The van der Waals surface area contributed by atoms with Crippen molar-refractivity contribution in [2.24, 2.45) is 0 Å². The number of aromatic nitrogens is 4. The van der Waals surface area contributed by atoms with Gasteiger partial charge in [0.2, 0.25) is 11.8 Å². The molecule has 10 heteroatoms. The summed E-state index contributed by atoms with van der Waals surface area (Å²) in [5.41, 5.74) is 2.26. The summed E-state index contributed by atoms with van der Waals surface area (Å²) in [5, 5.41) is 9.90. The molecule has 22 heavy (non-hydrogen) atoms. The van der Waals surface area contributed by atoms with Crippen LogP contribution in [0.15, 0.2) is 11.1 Å². The van der Waals surface area contributed by atoms with E-state index in [9.17, 15) is 18.7 Å². The lowest BCUT2D eigenvalue weighted by Crippen LogP contribution is -2.43. The second-order valence-corrected chi connectivity index (χ2v) is 5.44. The molecular formula is C12H15F2N5O3. The number of halogens is 2. The van der Waals surface area contributed by atoms with E-state index in [1.165, 1.54) is 6.92 Å². The molecule has 1 fully saturated rings. The van der Waals surface area contributed by atoms with E-state index >= 15 is 0 Å². The Bertz CT molecular complexity index is 789. The normalized spacial score (nSPS) is 35.3. The molecule has 0 aromatic carbocycles. The number of nitrogens with one attached hydrogen (secondary N) is 1. The molecule has 1 saturated heterocycles. The Morgan fingerprint density at radius 3 is 2.86 bits per heavy atom. The van der Waals surface area contributed by atoms with Gasteiger partial charge in [0.25, 0.3) is 5.56 Å². The zero-order valence-corrected chi connectivity index (χ0v) is 11.9. The highest BCUT2D eigenvalue weighted by molar-refractivity contribution is 5.70. The number of anilines is 1. The average molecular weight is 315 g/mol. The Balaban J connectivity index is 2.18. The van der Waals surface area contributed by atoms with E-state index in [1.54, 1.807) is 0 Å². The minimum absolute atomic E-state index is 0.0531. The third kappa shape index (κ3) is 1.83. The van der Waals surface area contributed by atoms with Gasteiger partial charge in [0.15, 0.2) is 29.2 Å². The van der Waals surface area contributed by atoms with Gasteiger partial charge < -0.3 is 15.6 Å². The maximum Gasteiger partial charge on any atom is 0.280 e. The highest BCUT2D eigenvalue weighted by Crippen LogP contribution is 2.49. The van der Waals surface area contributed by atoms with Crippen LogP contribution in [0.4, 0.5) is 14.7 Å². The Hall–Kier alpha value is -2.07. The zero-order chi connectivity index (χ0) is 16.3. The summed E-state index contributed by atoms with van der Waals surface area (Å²) in [6, 6.07) is 0. The summed E-state index contributed by atoms with van der Waals surface area (Å²) in [7, 11) is 0. The SMILES string of the molecule is CCC1(F)OC(n2cnc3c(=O)[nH]c(N)nc32)C(C)(F)C1O. The van der Waals surface area contributed by atoms with Crippen molar-refractivity contribution in [3.8, 4) is 0 Å². The lowest BCUT2D eigenvalue weighted by Gasteiger charge is -2.24. The summed E-state index contributed by atoms with van der Waals surface area (Å²) in [6.45, 7) is 2.44. The fourth-order valence-corrected chi connectivity index (χ4v) is 2.64. The molecule has 0 bridgehead atoms. The predicted molar refractivity (Wildman–Crippen MR) is 72.3 cm³/mol. The van der Waals surface area contributed by atoms with Crippen LogP contribution in [0.3, 0.4) is 0 Å². The van der Waals surface area contributed by atoms with Crippen molar-refractivity contribution in [2.45, 2.75) is 44.1 Å². The summed E-state index contributed by atoms with van der Waals surface area (Å²) < 4.78 is 35.5. The number of imidazole rings is 1. The first-order valence-corrected chi connectivity index (χ1v) is 6.66. The van der Waals surface area contributed by atoms with Crippen LogP contribution >= 0.6 is 0 Å². The van der Waals surface area contributed by atoms with Gasteiger partial charge in [-0.05, 0) is 6.92 Å². The molecule has 0 amide bonds. The van der Waals surface area contributed by atoms with E-state index in [0.29, 0.717) is 0 Å². The van der Waals surface area contributed by atoms with Gasteiger partial charge in [0.05, 0.1) is 6.33 Å². The Kier molecular flexibility index (Phi) is 3.01. The maximum absolute atomic E-state index is 14.8. The number of nitrogens with two attached hydrogens (primary N) is 1. The number of H-pyrrole nitrogens is 1. The largest absolute Gasteiger partial charge is 0.384 e. The van der Waals surface area contributed by atoms with Crippen molar-refractivity contribution >= 4 is 17.1 Å². The summed E-state index contributed by atoms with van der Waals surface area (Å²) in [5.74, 6) is -2.74. The lowest BCUT2D eigenvalue weighted by atomic mass is 9.96. The molecule has 3 heterocycles. The van der Waals surface area contributed by atoms with Crippen LogP contribution < -0.4 is 11.3 Å². The van der Waals surface area contributed by atoms with Gasteiger partial charge in [-0.1, -0.05) is 6.92 Å². The summed E-state index contributed by atoms with van der Waals surface area (Å²) in [4.78, 5) is 21.7. The number of fused-ring (bicyclic) bond motifs is 1. The molecule has 0 radical (unpaired) electrons. The van der Waals surface area contributed by atoms with Gasteiger partial charge in [-0.25, -0.2) is 13.8 Å². The molecule has 0 spiro atoms. The molecule has 2 aromatic heterocycles. The van der Waals surface area contributed by atoms with E-state index in [2.05, 4.69) is 15.0 Å². The molecule has 4 unspecified atom stereocenters. The molecule has 0 aliphatic carbocycles. The Labute approximate surface area is 122 Å². The monoisotopic (exact) mass is 315 g/mol. The first-order valence-electron chi connectivity index (χ1n) is 6.66. The minimum atomic E-state index is -2.54. The van der Waals surface area contributed by atoms with Crippen LogP contribution in [0, 0.1) is 0 Å². The molecule has 120 valence electrons. The number of alkyl halides is 2. The van der Waals surface area contributed by atoms with Gasteiger partial charge in [-0.2, -0.15) is 4.98 Å². The number of aliphatic hydroxyl groups excluding tert-OH is 1. The van der Waals surface area contributed by atoms with E-state index in [-0.39, 0.29) is 23.5 Å². The fraction of sp³-hybridized carbons (Fsp3) is 0.583. The molecule has 1 aliphatic heterocycles. The van der Waals surface area contributed by atoms with E-state index < -0.39 is 29.4 Å². The number of ether oxygens (including phenoxy) is 1.